The third kappa shape index (κ3) is 4.54. The second-order valence-electron chi connectivity index (χ2n) is 3.44. The number of hydrogen-bond acceptors (Lipinski definition) is 3. The number of carboxylic acids is 1. The van der Waals surface area contributed by atoms with Crippen LogP contribution < -0.4 is 5.73 Å². The molecule has 0 aliphatic carbocycles. The Balaban J connectivity index is 4.04. The summed E-state index contributed by atoms with van der Waals surface area (Å²) < 4.78 is -0.443. The van der Waals surface area contributed by atoms with E-state index in [2.05, 4.69) is 11.8 Å². The van der Waals surface area contributed by atoms with E-state index in [1.165, 1.54) is 0 Å². The zero-order chi connectivity index (χ0) is 11.2. The summed E-state index contributed by atoms with van der Waals surface area (Å²) in [4.78, 5) is 10.7. The van der Waals surface area contributed by atoms with Crippen LogP contribution in [-0.4, -0.2) is 27.6 Å². The van der Waals surface area contributed by atoms with Gasteiger partial charge in [-0.2, -0.15) is 11.8 Å². The van der Waals surface area contributed by atoms with Crippen LogP contribution in [0, 0.1) is 11.8 Å². The Hall–Kier alpha value is -0.660. The summed E-state index contributed by atoms with van der Waals surface area (Å²) in [5, 5.41) is 8.75. The number of nitrogens with two attached hydrogens (primary N) is 1. The minimum absolute atomic E-state index is 0.443. The third-order valence-electron chi connectivity index (χ3n) is 1.89. The van der Waals surface area contributed by atoms with Crippen LogP contribution in [-0.2, 0) is 4.79 Å². The summed E-state index contributed by atoms with van der Waals surface area (Å²) in [6, 6.07) is -0.831. The Morgan fingerprint density at radius 3 is 2.64 bits per heavy atom. The first-order valence-electron chi connectivity index (χ1n) is 4.43. The molecule has 0 saturated carbocycles. The van der Waals surface area contributed by atoms with Crippen molar-refractivity contribution in [3.05, 3.63) is 0 Å². The summed E-state index contributed by atoms with van der Waals surface area (Å²) in [5.74, 6) is 5.58. The molecule has 0 aliphatic rings. The molecule has 3 nitrogen and oxygen atoms in total. The highest BCUT2D eigenvalue weighted by Crippen LogP contribution is 2.27. The first-order valence-corrected chi connectivity index (χ1v) is 5.42. The summed E-state index contributed by atoms with van der Waals surface area (Å²) >= 11 is 1.55. The van der Waals surface area contributed by atoms with Crippen LogP contribution in [0.1, 0.15) is 27.2 Å². The summed E-state index contributed by atoms with van der Waals surface area (Å²) in [6.07, 6.45) is 0.775. The van der Waals surface area contributed by atoms with Gasteiger partial charge in [-0.15, -0.1) is 11.8 Å². The van der Waals surface area contributed by atoms with Gasteiger partial charge >= 0.3 is 5.97 Å². The minimum atomic E-state index is -0.955. The van der Waals surface area contributed by atoms with E-state index in [1.807, 2.05) is 13.8 Å². The molecule has 0 fully saturated rings. The molecule has 80 valence electrons. The van der Waals surface area contributed by atoms with Crippen LogP contribution in [0.25, 0.3) is 0 Å². The van der Waals surface area contributed by atoms with E-state index in [4.69, 9.17) is 10.8 Å². The molecule has 0 heterocycles. The minimum Gasteiger partial charge on any atom is -0.480 e. The zero-order valence-electron chi connectivity index (χ0n) is 8.83. The van der Waals surface area contributed by atoms with E-state index in [9.17, 15) is 4.79 Å². The Morgan fingerprint density at radius 1 is 1.64 bits per heavy atom. The van der Waals surface area contributed by atoms with Gasteiger partial charge in [-0.05, 0) is 20.8 Å². The van der Waals surface area contributed by atoms with Crippen LogP contribution in [0.15, 0.2) is 0 Å². The van der Waals surface area contributed by atoms with Gasteiger partial charge in [0.2, 0.25) is 0 Å². The maximum absolute atomic E-state index is 10.7. The molecule has 0 saturated heterocycles. The van der Waals surface area contributed by atoms with E-state index in [0.29, 0.717) is 0 Å². The monoisotopic (exact) mass is 215 g/mol. The molecule has 0 amide bonds. The molecular formula is C10H17NO2S. The number of carboxylic acid groups (broad SMARTS) is 1. The highest BCUT2D eigenvalue weighted by atomic mass is 32.2. The Labute approximate surface area is 89.4 Å². The van der Waals surface area contributed by atoms with Crippen LogP contribution in [0.5, 0.6) is 0 Å². The second-order valence-corrected chi connectivity index (χ2v) is 5.19. The number of rotatable bonds is 5. The maximum atomic E-state index is 10.7. The molecule has 0 bridgehead atoms. The molecular weight excluding hydrogens is 198 g/mol. The predicted octanol–water partition coefficient (Wildman–Crippen LogP) is 1.32. The van der Waals surface area contributed by atoms with Crippen LogP contribution in [0.2, 0.25) is 0 Å². The highest BCUT2D eigenvalue weighted by Gasteiger charge is 2.31. The van der Waals surface area contributed by atoms with Crippen LogP contribution in [0.3, 0.4) is 0 Å². The Kier molecular flexibility index (Phi) is 5.66. The van der Waals surface area contributed by atoms with Gasteiger partial charge in [0.1, 0.15) is 6.04 Å². The lowest BCUT2D eigenvalue weighted by Gasteiger charge is -2.27. The quantitative estimate of drug-likeness (QED) is 0.536. The van der Waals surface area contributed by atoms with Crippen molar-refractivity contribution in [2.45, 2.75) is 38.0 Å². The molecule has 0 spiro atoms. The van der Waals surface area contributed by atoms with Crippen molar-refractivity contribution in [2.75, 3.05) is 5.75 Å². The lowest BCUT2D eigenvalue weighted by molar-refractivity contribution is -0.139. The highest BCUT2D eigenvalue weighted by molar-refractivity contribution is 8.00. The number of aliphatic carboxylic acids is 1. The topological polar surface area (TPSA) is 63.3 Å². The molecule has 3 N–H and O–H groups in total. The van der Waals surface area contributed by atoms with Crippen molar-refractivity contribution in [1.82, 2.24) is 0 Å². The smallest absolute Gasteiger partial charge is 0.321 e. The van der Waals surface area contributed by atoms with Gasteiger partial charge in [-0.3, -0.25) is 4.79 Å². The van der Waals surface area contributed by atoms with E-state index >= 15 is 0 Å². The molecule has 0 aromatic carbocycles. The third-order valence-corrected chi connectivity index (χ3v) is 3.30. The van der Waals surface area contributed by atoms with Gasteiger partial charge in [0.05, 0.1) is 0 Å². The zero-order valence-corrected chi connectivity index (χ0v) is 9.65. The van der Waals surface area contributed by atoms with E-state index < -0.39 is 16.8 Å². The van der Waals surface area contributed by atoms with E-state index in [0.717, 1.165) is 12.2 Å². The average molecular weight is 215 g/mol. The fourth-order valence-corrected chi connectivity index (χ4v) is 1.89. The molecule has 4 heteroatoms. The number of hydrogen-bond donors (Lipinski definition) is 2. The van der Waals surface area contributed by atoms with Crippen LogP contribution in [0.4, 0.5) is 0 Å². The summed E-state index contributed by atoms with van der Waals surface area (Å²) in [7, 11) is 0. The number of carbonyl (C=O) groups is 1. The molecule has 1 atom stereocenters. The van der Waals surface area contributed by atoms with Gasteiger partial charge in [0, 0.05) is 16.9 Å². The molecule has 0 aromatic rings. The molecule has 0 aliphatic heterocycles. The van der Waals surface area contributed by atoms with Crippen molar-refractivity contribution < 1.29 is 9.90 Å². The van der Waals surface area contributed by atoms with E-state index in [-0.39, 0.29) is 0 Å². The fraction of sp³-hybridized carbons (Fsp3) is 0.700. The Bertz CT molecular complexity index is 253. The largest absolute Gasteiger partial charge is 0.480 e. The van der Waals surface area contributed by atoms with Crippen molar-refractivity contribution >= 4 is 17.7 Å². The standard InChI is InChI=1S/C10H17NO2S/c1-4-5-6-7-14-10(2,3)8(11)9(12)13/h8H,6-7,11H2,1-3H3,(H,12,13)/t8-/m0/s1. The molecule has 0 unspecified atom stereocenters. The van der Waals surface area contributed by atoms with Gasteiger partial charge in [0.25, 0.3) is 0 Å². The normalized spacial score (nSPS) is 12.9. The SMILES string of the molecule is CC#CCCSC(C)(C)[C@@H](N)C(=O)O. The fourth-order valence-electron chi connectivity index (χ4n) is 0.877. The van der Waals surface area contributed by atoms with Crippen LogP contribution >= 0.6 is 11.8 Å². The summed E-state index contributed by atoms with van der Waals surface area (Å²) in [6.45, 7) is 5.48. The maximum Gasteiger partial charge on any atom is 0.321 e. The van der Waals surface area contributed by atoms with Gasteiger partial charge < -0.3 is 10.8 Å². The van der Waals surface area contributed by atoms with Crippen molar-refractivity contribution in [3.8, 4) is 11.8 Å². The first kappa shape index (κ1) is 13.3. The summed E-state index contributed by atoms with van der Waals surface area (Å²) in [5.41, 5.74) is 5.55. The van der Waals surface area contributed by atoms with Gasteiger partial charge in [-0.1, -0.05) is 0 Å². The lowest BCUT2D eigenvalue weighted by Crippen LogP contribution is -2.46. The second kappa shape index (κ2) is 5.94. The van der Waals surface area contributed by atoms with Gasteiger partial charge in [-0.25, -0.2) is 0 Å². The van der Waals surface area contributed by atoms with Crippen molar-refractivity contribution in [2.24, 2.45) is 5.73 Å². The molecule has 14 heavy (non-hydrogen) atoms. The lowest BCUT2D eigenvalue weighted by atomic mass is 10.1. The van der Waals surface area contributed by atoms with Crippen molar-refractivity contribution in [3.63, 3.8) is 0 Å². The molecule has 0 rings (SSSR count). The number of thioether (sulfide) groups is 1. The van der Waals surface area contributed by atoms with E-state index in [1.54, 1.807) is 18.7 Å². The Morgan fingerprint density at radius 2 is 2.21 bits per heavy atom. The first-order chi connectivity index (χ1) is 6.41. The van der Waals surface area contributed by atoms with Gasteiger partial charge in [0.15, 0.2) is 0 Å². The molecule has 0 aromatic heterocycles. The average Bonchev–Trinajstić information content (AvgIpc) is 2.11. The predicted molar refractivity (Wildman–Crippen MR) is 60.2 cm³/mol. The van der Waals surface area contributed by atoms with Crippen molar-refractivity contribution in [1.29, 1.82) is 0 Å². The molecule has 0 radical (unpaired) electrons.